The Balaban J connectivity index is 1.69. The average molecular weight is 434 g/mol. The first-order valence-corrected chi connectivity index (χ1v) is 9.31. The number of carbonyl (C=O) groups is 2. The highest BCUT2D eigenvalue weighted by atomic mass is 19.4. The zero-order chi connectivity index (χ0) is 22.2. The predicted molar refractivity (Wildman–Crippen MR) is 103 cm³/mol. The van der Waals surface area contributed by atoms with Crippen molar-refractivity contribution in [2.75, 3.05) is 25.6 Å². The molecule has 1 amide bonds. The zero-order valence-electron chi connectivity index (χ0n) is 16.3. The van der Waals surface area contributed by atoms with Crippen molar-refractivity contribution in [2.24, 2.45) is 0 Å². The third-order valence-electron chi connectivity index (χ3n) is 4.87. The highest BCUT2D eigenvalue weighted by molar-refractivity contribution is 6.09. The summed E-state index contributed by atoms with van der Waals surface area (Å²) in [6, 6.07) is 6.04. The molecule has 8 nitrogen and oxygen atoms in total. The number of hydrogen-bond donors (Lipinski definition) is 1. The van der Waals surface area contributed by atoms with Gasteiger partial charge >= 0.3 is 12.1 Å². The largest absolute Gasteiger partial charge is 0.465 e. The van der Waals surface area contributed by atoms with Crippen molar-refractivity contribution in [1.29, 1.82) is 0 Å². The summed E-state index contributed by atoms with van der Waals surface area (Å²) in [5.41, 5.74) is -1.04. The fourth-order valence-corrected chi connectivity index (χ4v) is 3.30. The van der Waals surface area contributed by atoms with Crippen molar-refractivity contribution in [3.8, 4) is 0 Å². The van der Waals surface area contributed by atoms with Crippen LogP contribution in [0.25, 0.3) is 10.9 Å². The minimum absolute atomic E-state index is 0.0169. The number of aromatic nitrogens is 3. The number of pyridine rings is 1. The molecule has 0 spiro atoms. The highest BCUT2D eigenvalue weighted by Crippen LogP contribution is 2.29. The summed E-state index contributed by atoms with van der Waals surface area (Å²) < 4.78 is 50.6. The van der Waals surface area contributed by atoms with Crippen LogP contribution in [-0.4, -0.2) is 47.0 Å². The van der Waals surface area contributed by atoms with Gasteiger partial charge in [-0.2, -0.15) is 18.3 Å². The van der Waals surface area contributed by atoms with Gasteiger partial charge in [-0.3, -0.25) is 9.48 Å². The molecule has 1 N–H and O–H groups in total. The maximum absolute atomic E-state index is 12.9. The number of carbonyl (C=O) groups excluding carboxylic acids is 2. The number of benzene rings is 1. The van der Waals surface area contributed by atoms with Crippen molar-refractivity contribution >= 4 is 28.5 Å². The second kappa shape index (κ2) is 7.99. The maximum atomic E-state index is 12.9. The number of hydrogen-bond acceptors (Lipinski definition) is 6. The van der Waals surface area contributed by atoms with Gasteiger partial charge in [-0.15, -0.1) is 0 Å². The molecule has 1 saturated heterocycles. The van der Waals surface area contributed by atoms with E-state index in [0.29, 0.717) is 24.1 Å². The summed E-state index contributed by atoms with van der Waals surface area (Å²) in [5.74, 6) is -1.62. The second-order valence-electron chi connectivity index (χ2n) is 6.93. The first-order chi connectivity index (χ1) is 14.8. The molecule has 2 aromatic heterocycles. The molecule has 4 rings (SSSR count). The number of esters is 1. The van der Waals surface area contributed by atoms with E-state index < -0.39 is 29.4 Å². The van der Waals surface area contributed by atoms with Gasteiger partial charge in [0.15, 0.2) is 0 Å². The van der Waals surface area contributed by atoms with Gasteiger partial charge in [-0.1, -0.05) is 6.07 Å². The lowest BCUT2D eigenvalue weighted by Crippen LogP contribution is -2.18. The van der Waals surface area contributed by atoms with Crippen LogP contribution in [0.15, 0.2) is 36.5 Å². The summed E-state index contributed by atoms with van der Waals surface area (Å²) >= 11 is 0. The van der Waals surface area contributed by atoms with E-state index in [1.165, 1.54) is 19.2 Å². The van der Waals surface area contributed by atoms with E-state index in [0.717, 1.165) is 24.6 Å². The molecule has 0 bridgehead atoms. The Bertz CT molecular complexity index is 1150. The molecule has 0 saturated carbocycles. The van der Waals surface area contributed by atoms with Crippen LogP contribution in [0.2, 0.25) is 0 Å². The Morgan fingerprint density at radius 2 is 2.10 bits per heavy atom. The van der Waals surface area contributed by atoms with Crippen LogP contribution in [0.4, 0.5) is 18.9 Å². The van der Waals surface area contributed by atoms with Crippen LogP contribution in [0, 0.1) is 0 Å². The van der Waals surface area contributed by atoms with Crippen molar-refractivity contribution in [3.63, 3.8) is 0 Å². The molecule has 3 aromatic rings. The Morgan fingerprint density at radius 1 is 1.29 bits per heavy atom. The minimum atomic E-state index is -4.69. The summed E-state index contributed by atoms with van der Waals surface area (Å²) in [4.78, 5) is 28.2. The van der Waals surface area contributed by atoms with Crippen molar-refractivity contribution < 1.29 is 32.2 Å². The SMILES string of the molecule is COC(=O)c1cc2nn([C@@H]3CCOC3)cc2cc1NC(=O)c1cccc(C(F)(F)F)n1. The second-order valence-corrected chi connectivity index (χ2v) is 6.93. The Labute approximate surface area is 174 Å². The Kier molecular flexibility index (Phi) is 5.36. The van der Waals surface area contributed by atoms with Crippen LogP contribution in [0.5, 0.6) is 0 Å². The maximum Gasteiger partial charge on any atom is 0.433 e. The average Bonchev–Trinajstić information content (AvgIpc) is 3.41. The molecule has 162 valence electrons. The molecule has 1 aromatic carbocycles. The zero-order valence-corrected chi connectivity index (χ0v) is 16.3. The molecular weight excluding hydrogens is 417 g/mol. The summed E-state index contributed by atoms with van der Waals surface area (Å²) in [6.07, 6.45) is -2.14. The number of alkyl halides is 3. The quantitative estimate of drug-likeness (QED) is 0.632. The van der Waals surface area contributed by atoms with E-state index in [-0.39, 0.29) is 17.3 Å². The third-order valence-corrected chi connectivity index (χ3v) is 4.87. The predicted octanol–water partition coefficient (Wildman–Crippen LogP) is 3.45. The monoisotopic (exact) mass is 434 g/mol. The lowest BCUT2D eigenvalue weighted by atomic mass is 10.1. The molecule has 1 atom stereocenters. The number of methoxy groups -OCH3 is 1. The number of halogens is 3. The molecule has 1 aliphatic heterocycles. The molecule has 31 heavy (non-hydrogen) atoms. The van der Waals surface area contributed by atoms with Gasteiger partial charge in [0.2, 0.25) is 0 Å². The molecule has 1 aliphatic rings. The van der Waals surface area contributed by atoms with E-state index in [2.05, 4.69) is 15.4 Å². The number of rotatable bonds is 4. The number of nitrogens with one attached hydrogen (secondary N) is 1. The highest BCUT2D eigenvalue weighted by Gasteiger charge is 2.33. The third kappa shape index (κ3) is 4.22. The van der Waals surface area contributed by atoms with Crippen LogP contribution in [0.3, 0.4) is 0 Å². The van der Waals surface area contributed by atoms with Gasteiger partial charge in [0.1, 0.15) is 11.4 Å². The van der Waals surface area contributed by atoms with Gasteiger partial charge in [0.05, 0.1) is 36.5 Å². The van der Waals surface area contributed by atoms with Gasteiger partial charge in [-0.25, -0.2) is 9.78 Å². The lowest BCUT2D eigenvalue weighted by Gasteiger charge is -2.11. The van der Waals surface area contributed by atoms with Crippen molar-refractivity contribution in [3.05, 3.63) is 53.5 Å². The molecule has 0 aliphatic carbocycles. The summed E-state index contributed by atoms with van der Waals surface area (Å²) in [6.45, 7) is 1.14. The number of nitrogens with zero attached hydrogens (tertiary/aromatic N) is 3. The van der Waals surface area contributed by atoms with Crippen LogP contribution < -0.4 is 5.32 Å². The van der Waals surface area contributed by atoms with Crippen LogP contribution >= 0.6 is 0 Å². The van der Waals surface area contributed by atoms with Crippen molar-refractivity contribution in [2.45, 2.75) is 18.6 Å². The minimum Gasteiger partial charge on any atom is -0.465 e. The molecule has 11 heteroatoms. The van der Waals surface area contributed by atoms with Gasteiger partial charge in [-0.05, 0) is 30.7 Å². The van der Waals surface area contributed by atoms with E-state index in [1.807, 2.05) is 0 Å². The molecular formula is C20H17F3N4O4. The fraction of sp³-hybridized carbons (Fsp3) is 0.300. The van der Waals surface area contributed by atoms with Crippen LogP contribution in [0.1, 0.15) is 39.0 Å². The summed E-state index contributed by atoms with van der Waals surface area (Å²) in [5, 5.41) is 7.56. The number of ether oxygens (including phenoxy) is 2. The van der Waals surface area contributed by atoms with Gasteiger partial charge < -0.3 is 14.8 Å². The first kappa shape index (κ1) is 20.8. The molecule has 0 unspecified atom stereocenters. The van der Waals surface area contributed by atoms with E-state index >= 15 is 0 Å². The van der Waals surface area contributed by atoms with Crippen molar-refractivity contribution in [1.82, 2.24) is 14.8 Å². The number of fused-ring (bicyclic) bond motifs is 1. The van der Waals surface area contributed by atoms with E-state index in [1.54, 1.807) is 10.9 Å². The molecule has 3 heterocycles. The van der Waals surface area contributed by atoms with Gasteiger partial charge in [0.25, 0.3) is 5.91 Å². The Hall–Kier alpha value is -3.47. The number of anilines is 1. The van der Waals surface area contributed by atoms with Gasteiger partial charge in [0, 0.05) is 18.2 Å². The smallest absolute Gasteiger partial charge is 0.433 e. The fourth-order valence-electron chi connectivity index (χ4n) is 3.30. The standard InChI is InChI=1S/C20H17F3N4O4/c1-30-19(29)13-8-15-11(9-27(26-15)12-5-6-31-10-12)7-16(13)25-18(28)14-3-2-4-17(24-14)20(21,22)23/h2-4,7-9,12H,5-6,10H2,1H3,(H,25,28)/t12-/m1/s1. The molecule has 1 fully saturated rings. The van der Waals surface area contributed by atoms with Crippen LogP contribution in [-0.2, 0) is 15.7 Å². The normalized spacial score (nSPS) is 16.5. The lowest BCUT2D eigenvalue weighted by molar-refractivity contribution is -0.141. The van der Waals surface area contributed by atoms with E-state index in [9.17, 15) is 22.8 Å². The molecule has 0 radical (unpaired) electrons. The first-order valence-electron chi connectivity index (χ1n) is 9.31. The Morgan fingerprint density at radius 3 is 2.77 bits per heavy atom. The topological polar surface area (TPSA) is 95.3 Å². The van der Waals surface area contributed by atoms with E-state index in [4.69, 9.17) is 9.47 Å². The summed E-state index contributed by atoms with van der Waals surface area (Å²) in [7, 11) is 1.18. The number of amides is 1.